The summed E-state index contributed by atoms with van der Waals surface area (Å²) in [5.74, 6) is 0.805. The average Bonchev–Trinajstić information content (AvgIpc) is 2.42. The number of nitrogens with zero attached hydrogens (tertiary/aromatic N) is 2. The van der Waals surface area contributed by atoms with Crippen molar-refractivity contribution in [2.45, 2.75) is 26.3 Å². The first kappa shape index (κ1) is 15.0. The van der Waals surface area contributed by atoms with Crippen molar-refractivity contribution in [1.29, 1.82) is 0 Å². The van der Waals surface area contributed by atoms with Crippen molar-refractivity contribution < 1.29 is 0 Å². The zero-order valence-corrected chi connectivity index (χ0v) is 12.8. The SMILES string of the molecule is CCNCC1CCN(Cc2nc(Cl)ccc2Cl)CC1. The Balaban J connectivity index is 1.83. The number of halogens is 2. The summed E-state index contributed by atoms with van der Waals surface area (Å²) >= 11 is 12.1. The van der Waals surface area contributed by atoms with Crippen molar-refractivity contribution in [2.24, 2.45) is 5.92 Å². The Morgan fingerprint density at radius 1 is 1.32 bits per heavy atom. The quantitative estimate of drug-likeness (QED) is 0.847. The summed E-state index contributed by atoms with van der Waals surface area (Å²) in [5, 5.41) is 4.65. The first-order valence-corrected chi connectivity index (χ1v) is 7.68. The van der Waals surface area contributed by atoms with Crippen LogP contribution < -0.4 is 5.32 Å². The summed E-state index contributed by atoms with van der Waals surface area (Å²) in [4.78, 5) is 6.72. The lowest BCUT2D eigenvalue weighted by molar-refractivity contribution is 0.174. The normalized spacial score (nSPS) is 17.8. The second kappa shape index (κ2) is 7.44. The van der Waals surface area contributed by atoms with E-state index in [1.165, 1.54) is 12.8 Å². The van der Waals surface area contributed by atoms with Gasteiger partial charge in [0, 0.05) is 6.54 Å². The fourth-order valence-electron chi connectivity index (χ4n) is 2.48. The molecule has 2 heterocycles. The van der Waals surface area contributed by atoms with E-state index in [9.17, 15) is 0 Å². The molecule has 1 saturated heterocycles. The number of pyridine rings is 1. The first-order chi connectivity index (χ1) is 9.19. The Morgan fingerprint density at radius 3 is 2.74 bits per heavy atom. The van der Waals surface area contributed by atoms with Gasteiger partial charge in [-0.15, -0.1) is 0 Å². The zero-order valence-electron chi connectivity index (χ0n) is 11.3. The van der Waals surface area contributed by atoms with Crippen LogP contribution in [0.5, 0.6) is 0 Å². The van der Waals surface area contributed by atoms with Crippen molar-refractivity contribution in [3.05, 3.63) is 28.0 Å². The molecule has 1 N–H and O–H groups in total. The fourth-order valence-corrected chi connectivity index (χ4v) is 2.81. The molecule has 0 atom stereocenters. The van der Waals surface area contributed by atoms with Crippen LogP contribution in [0.4, 0.5) is 0 Å². The molecule has 106 valence electrons. The Bertz CT molecular complexity index is 404. The Morgan fingerprint density at radius 2 is 2.05 bits per heavy atom. The second-order valence-electron chi connectivity index (χ2n) is 5.09. The number of rotatable bonds is 5. The minimum atomic E-state index is 0.515. The van der Waals surface area contributed by atoms with E-state index < -0.39 is 0 Å². The molecule has 3 nitrogen and oxygen atoms in total. The van der Waals surface area contributed by atoms with Gasteiger partial charge < -0.3 is 5.32 Å². The summed E-state index contributed by atoms with van der Waals surface area (Å²) in [6.45, 7) is 7.37. The maximum atomic E-state index is 6.15. The van der Waals surface area contributed by atoms with Gasteiger partial charge in [-0.3, -0.25) is 4.90 Å². The third-order valence-electron chi connectivity index (χ3n) is 3.65. The van der Waals surface area contributed by atoms with Crippen molar-refractivity contribution in [2.75, 3.05) is 26.2 Å². The number of hydrogen-bond acceptors (Lipinski definition) is 3. The van der Waals surface area contributed by atoms with Gasteiger partial charge in [0.15, 0.2) is 0 Å². The van der Waals surface area contributed by atoms with Gasteiger partial charge in [-0.1, -0.05) is 30.1 Å². The molecule has 1 fully saturated rings. The van der Waals surface area contributed by atoms with Crippen LogP contribution in [0.3, 0.4) is 0 Å². The van der Waals surface area contributed by atoms with E-state index >= 15 is 0 Å². The van der Waals surface area contributed by atoms with E-state index in [0.717, 1.165) is 44.3 Å². The van der Waals surface area contributed by atoms with Crippen LogP contribution in [0, 0.1) is 5.92 Å². The predicted octanol–water partition coefficient (Wildman–Crippen LogP) is 3.21. The summed E-state index contributed by atoms with van der Waals surface area (Å²) in [6, 6.07) is 3.56. The molecule has 2 rings (SSSR count). The molecule has 0 aromatic carbocycles. The van der Waals surface area contributed by atoms with Gasteiger partial charge in [-0.25, -0.2) is 4.98 Å². The molecule has 0 radical (unpaired) electrons. The van der Waals surface area contributed by atoms with Crippen molar-refractivity contribution in [1.82, 2.24) is 15.2 Å². The Labute approximate surface area is 125 Å². The Kier molecular flexibility index (Phi) is 5.89. The molecule has 1 aromatic rings. The molecule has 1 aliphatic rings. The molecule has 0 bridgehead atoms. The van der Waals surface area contributed by atoms with E-state index in [0.29, 0.717) is 10.2 Å². The number of hydrogen-bond donors (Lipinski definition) is 1. The molecule has 0 aliphatic carbocycles. The van der Waals surface area contributed by atoms with Crippen LogP contribution >= 0.6 is 23.2 Å². The summed E-state index contributed by atoms with van der Waals surface area (Å²) in [5.41, 5.74) is 0.888. The van der Waals surface area contributed by atoms with Crippen LogP contribution in [0.15, 0.2) is 12.1 Å². The van der Waals surface area contributed by atoms with E-state index in [4.69, 9.17) is 23.2 Å². The number of likely N-dealkylation sites (tertiary alicyclic amines) is 1. The molecule has 0 saturated carbocycles. The fraction of sp³-hybridized carbons (Fsp3) is 0.643. The van der Waals surface area contributed by atoms with Crippen molar-refractivity contribution in [3.63, 3.8) is 0 Å². The molecule has 1 aromatic heterocycles. The highest BCUT2D eigenvalue weighted by Crippen LogP contribution is 2.22. The van der Waals surface area contributed by atoms with E-state index in [2.05, 4.69) is 22.1 Å². The van der Waals surface area contributed by atoms with Crippen LogP contribution in [0.25, 0.3) is 0 Å². The largest absolute Gasteiger partial charge is 0.317 e. The highest BCUT2D eigenvalue weighted by atomic mass is 35.5. The first-order valence-electron chi connectivity index (χ1n) is 6.93. The van der Waals surface area contributed by atoms with Crippen molar-refractivity contribution >= 4 is 23.2 Å². The third-order valence-corrected chi connectivity index (χ3v) is 4.20. The van der Waals surface area contributed by atoms with Crippen LogP contribution in [0.2, 0.25) is 10.2 Å². The molecular formula is C14H21Cl2N3. The minimum absolute atomic E-state index is 0.515. The van der Waals surface area contributed by atoms with Crippen LogP contribution in [-0.2, 0) is 6.54 Å². The lowest BCUT2D eigenvalue weighted by atomic mass is 9.96. The monoisotopic (exact) mass is 301 g/mol. The molecular weight excluding hydrogens is 281 g/mol. The average molecular weight is 302 g/mol. The van der Waals surface area contributed by atoms with E-state index in [-0.39, 0.29) is 0 Å². The van der Waals surface area contributed by atoms with Crippen molar-refractivity contribution in [3.8, 4) is 0 Å². The molecule has 19 heavy (non-hydrogen) atoms. The Hall–Kier alpha value is -0.350. The van der Waals surface area contributed by atoms with Gasteiger partial charge >= 0.3 is 0 Å². The van der Waals surface area contributed by atoms with Gasteiger partial charge in [0.1, 0.15) is 5.15 Å². The molecule has 1 aliphatic heterocycles. The predicted molar refractivity (Wildman–Crippen MR) is 80.8 cm³/mol. The third kappa shape index (κ3) is 4.60. The highest BCUT2D eigenvalue weighted by molar-refractivity contribution is 6.32. The zero-order chi connectivity index (χ0) is 13.7. The lowest BCUT2D eigenvalue weighted by Gasteiger charge is -2.31. The molecule has 0 unspecified atom stereocenters. The van der Waals surface area contributed by atoms with Gasteiger partial charge in [0.05, 0.1) is 10.7 Å². The second-order valence-corrected chi connectivity index (χ2v) is 5.88. The minimum Gasteiger partial charge on any atom is -0.317 e. The number of aromatic nitrogens is 1. The summed E-state index contributed by atoms with van der Waals surface area (Å²) in [7, 11) is 0. The summed E-state index contributed by atoms with van der Waals surface area (Å²) < 4.78 is 0. The van der Waals surface area contributed by atoms with E-state index in [1.807, 2.05) is 6.07 Å². The maximum Gasteiger partial charge on any atom is 0.129 e. The maximum absolute atomic E-state index is 6.15. The van der Waals surface area contributed by atoms with Gasteiger partial charge in [0.25, 0.3) is 0 Å². The topological polar surface area (TPSA) is 28.2 Å². The van der Waals surface area contributed by atoms with Crippen LogP contribution in [0.1, 0.15) is 25.5 Å². The number of piperidine rings is 1. The smallest absolute Gasteiger partial charge is 0.129 e. The van der Waals surface area contributed by atoms with Gasteiger partial charge in [-0.2, -0.15) is 0 Å². The van der Waals surface area contributed by atoms with E-state index in [1.54, 1.807) is 6.07 Å². The van der Waals surface area contributed by atoms with Gasteiger partial charge in [0.2, 0.25) is 0 Å². The highest BCUT2D eigenvalue weighted by Gasteiger charge is 2.19. The van der Waals surface area contributed by atoms with Gasteiger partial charge in [-0.05, 0) is 57.1 Å². The molecule has 5 heteroatoms. The molecule has 0 spiro atoms. The standard InChI is InChI=1S/C14H21Cl2N3/c1-2-17-9-11-5-7-19(8-6-11)10-13-12(15)3-4-14(16)18-13/h3-4,11,17H,2,5-10H2,1H3. The van der Waals surface area contributed by atoms with Crippen LogP contribution in [-0.4, -0.2) is 36.1 Å². The summed E-state index contributed by atoms with van der Waals surface area (Å²) in [6.07, 6.45) is 2.48. The lowest BCUT2D eigenvalue weighted by Crippen LogP contribution is -2.37. The number of nitrogens with one attached hydrogen (secondary N) is 1. The molecule has 0 amide bonds.